The van der Waals surface area contributed by atoms with E-state index < -0.39 is 6.10 Å². The normalized spacial score (nSPS) is 12.1. The highest BCUT2D eigenvalue weighted by molar-refractivity contribution is 5.71. The number of allylic oxidation sites excluding steroid dienone is 4. The molecule has 0 aliphatic heterocycles. The first-order valence-electron chi connectivity index (χ1n) is 31.8. The van der Waals surface area contributed by atoms with Crippen LogP contribution in [0.15, 0.2) is 24.3 Å². The van der Waals surface area contributed by atoms with Gasteiger partial charge in [-0.3, -0.25) is 14.4 Å². The van der Waals surface area contributed by atoms with Gasteiger partial charge in [-0.1, -0.05) is 308 Å². The van der Waals surface area contributed by atoms with Gasteiger partial charge in [-0.2, -0.15) is 0 Å². The third-order valence-corrected chi connectivity index (χ3v) is 14.5. The number of ether oxygens (including phenoxy) is 3. The zero-order valence-electron chi connectivity index (χ0n) is 48.0. The molecule has 0 bridgehead atoms. The van der Waals surface area contributed by atoms with E-state index in [-0.39, 0.29) is 31.1 Å². The summed E-state index contributed by atoms with van der Waals surface area (Å²) in [5, 5.41) is 0. The largest absolute Gasteiger partial charge is 0.462 e. The summed E-state index contributed by atoms with van der Waals surface area (Å²) >= 11 is 0. The summed E-state index contributed by atoms with van der Waals surface area (Å²) in [5.74, 6) is -0.849. The molecule has 0 aliphatic carbocycles. The molecule has 71 heavy (non-hydrogen) atoms. The standard InChI is InChI=1S/C65H122O6/c1-4-7-10-13-16-19-22-25-28-30-32-33-34-36-37-40-43-46-49-52-55-58-64(67)70-61-62(60-69-63(66)57-54-51-48-45-42-39-27-24-21-18-15-12-9-6-3)71-65(68)59-56-53-50-47-44-41-38-35-31-29-26-23-20-17-14-11-8-5-2/h20,23,29,31,62H,4-19,21-22,24-28,30,32-61H2,1-3H3/b23-20-,31-29-. The van der Waals surface area contributed by atoms with Gasteiger partial charge >= 0.3 is 17.9 Å². The van der Waals surface area contributed by atoms with Crippen LogP contribution in [0.2, 0.25) is 0 Å². The lowest BCUT2D eigenvalue weighted by Gasteiger charge is -2.18. The molecule has 0 rings (SSSR count). The Morgan fingerprint density at radius 2 is 0.507 bits per heavy atom. The second kappa shape index (κ2) is 60.4. The maximum Gasteiger partial charge on any atom is 0.306 e. The van der Waals surface area contributed by atoms with Crippen LogP contribution in [0, 0.1) is 0 Å². The van der Waals surface area contributed by atoms with E-state index in [9.17, 15) is 14.4 Å². The predicted octanol–water partition coefficient (Wildman–Crippen LogP) is 21.4. The van der Waals surface area contributed by atoms with Crippen LogP contribution in [-0.2, 0) is 28.6 Å². The molecule has 1 unspecified atom stereocenters. The maximum absolute atomic E-state index is 12.9. The van der Waals surface area contributed by atoms with E-state index in [1.165, 1.54) is 244 Å². The molecule has 0 fully saturated rings. The zero-order valence-corrected chi connectivity index (χ0v) is 48.0. The number of hydrogen-bond donors (Lipinski definition) is 0. The van der Waals surface area contributed by atoms with Crippen LogP contribution >= 0.6 is 0 Å². The van der Waals surface area contributed by atoms with E-state index in [1.54, 1.807) is 0 Å². The van der Waals surface area contributed by atoms with Crippen LogP contribution < -0.4 is 0 Å². The number of unbranched alkanes of at least 4 members (excludes halogenated alkanes) is 44. The summed E-state index contributed by atoms with van der Waals surface area (Å²) in [4.78, 5) is 38.3. The van der Waals surface area contributed by atoms with E-state index in [0.29, 0.717) is 19.3 Å². The van der Waals surface area contributed by atoms with E-state index in [2.05, 4.69) is 45.1 Å². The van der Waals surface area contributed by atoms with Gasteiger partial charge in [0.2, 0.25) is 0 Å². The van der Waals surface area contributed by atoms with Crippen molar-refractivity contribution in [3.8, 4) is 0 Å². The van der Waals surface area contributed by atoms with Gasteiger partial charge in [0.15, 0.2) is 6.10 Å². The molecular weight excluding hydrogens is 877 g/mol. The molecule has 6 heteroatoms. The van der Waals surface area contributed by atoms with Crippen molar-refractivity contribution < 1.29 is 28.6 Å². The van der Waals surface area contributed by atoms with Crippen molar-refractivity contribution in [2.24, 2.45) is 0 Å². The van der Waals surface area contributed by atoms with Crippen LogP contribution in [0.3, 0.4) is 0 Å². The average molecular weight is 1000 g/mol. The highest BCUT2D eigenvalue weighted by Crippen LogP contribution is 2.18. The fraction of sp³-hybridized carbons (Fsp3) is 0.892. The molecule has 0 aromatic carbocycles. The Bertz CT molecular complexity index is 1150. The summed E-state index contributed by atoms with van der Waals surface area (Å²) in [6, 6.07) is 0. The zero-order chi connectivity index (χ0) is 51.4. The topological polar surface area (TPSA) is 78.9 Å². The number of hydrogen-bond acceptors (Lipinski definition) is 6. The molecule has 0 heterocycles. The van der Waals surface area contributed by atoms with Crippen molar-refractivity contribution in [3.05, 3.63) is 24.3 Å². The molecule has 6 nitrogen and oxygen atoms in total. The van der Waals surface area contributed by atoms with Gasteiger partial charge in [0.25, 0.3) is 0 Å². The minimum Gasteiger partial charge on any atom is -0.462 e. The second-order valence-corrected chi connectivity index (χ2v) is 21.7. The predicted molar refractivity (Wildman–Crippen MR) is 307 cm³/mol. The molecule has 0 amide bonds. The third-order valence-electron chi connectivity index (χ3n) is 14.5. The Morgan fingerprint density at radius 1 is 0.282 bits per heavy atom. The Balaban J connectivity index is 4.29. The number of rotatable bonds is 59. The van der Waals surface area contributed by atoms with Gasteiger partial charge < -0.3 is 14.2 Å². The molecule has 0 saturated heterocycles. The first kappa shape index (κ1) is 68.9. The number of carbonyl (C=O) groups excluding carboxylic acids is 3. The fourth-order valence-electron chi connectivity index (χ4n) is 9.65. The van der Waals surface area contributed by atoms with Gasteiger partial charge in [-0.05, 0) is 51.4 Å². The van der Waals surface area contributed by atoms with E-state index in [4.69, 9.17) is 14.2 Å². The quantitative estimate of drug-likeness (QED) is 0.0261. The van der Waals surface area contributed by atoms with E-state index >= 15 is 0 Å². The third kappa shape index (κ3) is 58.7. The molecule has 0 spiro atoms. The van der Waals surface area contributed by atoms with Crippen molar-refractivity contribution in [2.45, 2.75) is 361 Å². The summed E-state index contributed by atoms with van der Waals surface area (Å²) < 4.78 is 16.9. The highest BCUT2D eigenvalue weighted by atomic mass is 16.6. The first-order chi connectivity index (χ1) is 35.0. The molecule has 418 valence electrons. The maximum atomic E-state index is 12.9. The van der Waals surface area contributed by atoms with Crippen LogP contribution in [-0.4, -0.2) is 37.2 Å². The first-order valence-corrected chi connectivity index (χ1v) is 31.8. The Morgan fingerprint density at radius 3 is 0.789 bits per heavy atom. The highest BCUT2D eigenvalue weighted by Gasteiger charge is 2.19. The molecule has 0 N–H and O–H groups in total. The Hall–Kier alpha value is -2.11. The van der Waals surface area contributed by atoms with Gasteiger partial charge in [-0.15, -0.1) is 0 Å². The average Bonchev–Trinajstić information content (AvgIpc) is 3.37. The minimum absolute atomic E-state index is 0.0685. The van der Waals surface area contributed by atoms with Crippen LogP contribution in [0.1, 0.15) is 355 Å². The van der Waals surface area contributed by atoms with Crippen LogP contribution in [0.25, 0.3) is 0 Å². The lowest BCUT2D eigenvalue weighted by Crippen LogP contribution is -2.30. The van der Waals surface area contributed by atoms with Gasteiger partial charge in [0.05, 0.1) is 0 Å². The Labute approximate surface area is 443 Å². The molecule has 0 aromatic rings. The summed E-state index contributed by atoms with van der Waals surface area (Å²) in [6.07, 6.45) is 71.8. The van der Waals surface area contributed by atoms with Gasteiger partial charge in [0.1, 0.15) is 13.2 Å². The summed E-state index contributed by atoms with van der Waals surface area (Å²) in [7, 11) is 0. The van der Waals surface area contributed by atoms with Crippen molar-refractivity contribution in [2.75, 3.05) is 13.2 Å². The monoisotopic (exact) mass is 999 g/mol. The molecule has 0 aromatic heterocycles. The number of carbonyl (C=O) groups is 3. The van der Waals surface area contributed by atoms with Gasteiger partial charge in [-0.25, -0.2) is 0 Å². The minimum atomic E-state index is -0.771. The lowest BCUT2D eigenvalue weighted by molar-refractivity contribution is -0.167. The second-order valence-electron chi connectivity index (χ2n) is 21.7. The SMILES string of the molecule is CCCCCC/C=C\C/C=C\CCCCCCCCCC(=O)OC(COC(=O)CCCCCCCCCCCCCCCC)COC(=O)CCCCCCCCCCCCCCCCCCCCCCC. The Kier molecular flexibility index (Phi) is 58.6. The van der Waals surface area contributed by atoms with Crippen molar-refractivity contribution in [3.63, 3.8) is 0 Å². The van der Waals surface area contributed by atoms with Crippen LogP contribution in [0.5, 0.6) is 0 Å². The molecule has 0 aliphatic rings. The van der Waals surface area contributed by atoms with Crippen molar-refractivity contribution in [1.29, 1.82) is 0 Å². The van der Waals surface area contributed by atoms with Gasteiger partial charge in [0, 0.05) is 19.3 Å². The smallest absolute Gasteiger partial charge is 0.306 e. The molecular formula is C65H122O6. The van der Waals surface area contributed by atoms with Crippen molar-refractivity contribution >= 4 is 17.9 Å². The molecule has 0 saturated carbocycles. The molecule has 0 radical (unpaired) electrons. The van der Waals surface area contributed by atoms with E-state index in [0.717, 1.165) is 70.6 Å². The fourth-order valence-corrected chi connectivity index (χ4v) is 9.65. The number of esters is 3. The summed E-state index contributed by atoms with van der Waals surface area (Å²) in [5.41, 5.74) is 0. The summed E-state index contributed by atoms with van der Waals surface area (Å²) in [6.45, 7) is 6.69. The lowest BCUT2D eigenvalue weighted by atomic mass is 10.0. The molecule has 1 atom stereocenters. The van der Waals surface area contributed by atoms with E-state index in [1.807, 2.05) is 0 Å². The van der Waals surface area contributed by atoms with Crippen molar-refractivity contribution in [1.82, 2.24) is 0 Å². The van der Waals surface area contributed by atoms with Crippen LogP contribution in [0.4, 0.5) is 0 Å².